The average Bonchev–Trinajstić information content (AvgIpc) is 2.64. The van der Waals surface area contributed by atoms with Crippen molar-refractivity contribution in [2.24, 2.45) is 0 Å². The molecule has 0 unspecified atom stereocenters. The molecule has 0 heterocycles. The van der Waals surface area contributed by atoms with Crippen molar-refractivity contribution in [3.8, 4) is 5.75 Å². The first-order valence-electron chi connectivity index (χ1n) is 9.37. The summed E-state index contributed by atoms with van der Waals surface area (Å²) in [6.45, 7) is 5.08. The highest BCUT2D eigenvalue weighted by Crippen LogP contribution is 2.22. The predicted molar refractivity (Wildman–Crippen MR) is 120 cm³/mol. The molecule has 0 saturated carbocycles. The van der Waals surface area contributed by atoms with Crippen LogP contribution >= 0.6 is 15.9 Å². The van der Waals surface area contributed by atoms with Crippen LogP contribution in [0, 0.1) is 13.8 Å². The third kappa shape index (κ3) is 7.70. The van der Waals surface area contributed by atoms with Crippen LogP contribution in [0.3, 0.4) is 0 Å². The van der Waals surface area contributed by atoms with Crippen LogP contribution in [0.5, 0.6) is 5.75 Å². The van der Waals surface area contributed by atoms with Crippen molar-refractivity contribution in [3.63, 3.8) is 0 Å². The fourth-order valence-corrected chi connectivity index (χ4v) is 4.10. The number of benzene rings is 2. The molecule has 0 bridgehead atoms. The van der Waals surface area contributed by atoms with Crippen molar-refractivity contribution in [2.45, 2.75) is 26.7 Å². The number of hydrogen-bond donors (Lipinski definition) is 1. The normalized spacial score (nSPS) is 11.2. The second-order valence-corrected chi connectivity index (χ2v) is 9.69. The van der Waals surface area contributed by atoms with Crippen LogP contribution in [-0.4, -0.2) is 40.3 Å². The van der Waals surface area contributed by atoms with Crippen molar-refractivity contribution < 1.29 is 17.9 Å². The van der Waals surface area contributed by atoms with Crippen molar-refractivity contribution in [1.29, 1.82) is 0 Å². The Morgan fingerprint density at radius 3 is 2.55 bits per heavy atom. The molecule has 29 heavy (non-hydrogen) atoms. The van der Waals surface area contributed by atoms with Gasteiger partial charge >= 0.3 is 0 Å². The van der Waals surface area contributed by atoms with Gasteiger partial charge in [-0.3, -0.25) is 9.10 Å². The Morgan fingerprint density at radius 1 is 1.14 bits per heavy atom. The van der Waals surface area contributed by atoms with E-state index in [4.69, 9.17) is 4.74 Å². The predicted octanol–water partition coefficient (Wildman–Crippen LogP) is 3.81. The second kappa shape index (κ2) is 10.6. The fraction of sp³-hybridized carbons (Fsp3) is 0.381. The number of carbonyl (C=O) groups excluding carboxylic acids is 1. The highest BCUT2D eigenvalue weighted by Gasteiger charge is 2.17. The SMILES string of the molecule is Cc1ccc(OCCNC(=O)CCCN(c2cccc(Br)c2)S(C)(=O)=O)cc1C. The van der Waals surface area contributed by atoms with E-state index in [1.54, 1.807) is 18.2 Å². The molecule has 2 aromatic rings. The first-order chi connectivity index (χ1) is 13.7. The highest BCUT2D eigenvalue weighted by atomic mass is 79.9. The number of anilines is 1. The van der Waals surface area contributed by atoms with Gasteiger partial charge in [0.05, 0.1) is 18.5 Å². The van der Waals surface area contributed by atoms with E-state index in [1.807, 2.05) is 38.1 Å². The topological polar surface area (TPSA) is 75.7 Å². The number of rotatable bonds is 10. The first kappa shape index (κ1) is 23.2. The quantitative estimate of drug-likeness (QED) is 0.522. The molecule has 6 nitrogen and oxygen atoms in total. The molecule has 1 N–H and O–H groups in total. The maximum atomic E-state index is 12.1. The summed E-state index contributed by atoms with van der Waals surface area (Å²) in [4.78, 5) is 12.0. The molecule has 0 aliphatic carbocycles. The van der Waals surface area contributed by atoms with Gasteiger partial charge in [0.25, 0.3) is 0 Å². The minimum Gasteiger partial charge on any atom is -0.492 e. The van der Waals surface area contributed by atoms with E-state index in [-0.39, 0.29) is 18.9 Å². The van der Waals surface area contributed by atoms with Crippen molar-refractivity contribution in [3.05, 3.63) is 58.1 Å². The zero-order valence-corrected chi connectivity index (χ0v) is 19.3. The van der Waals surface area contributed by atoms with Crippen molar-refractivity contribution in [1.82, 2.24) is 5.32 Å². The summed E-state index contributed by atoms with van der Waals surface area (Å²) in [6.07, 6.45) is 1.82. The lowest BCUT2D eigenvalue weighted by Gasteiger charge is -2.22. The van der Waals surface area contributed by atoms with Crippen LogP contribution in [0.4, 0.5) is 5.69 Å². The van der Waals surface area contributed by atoms with E-state index in [9.17, 15) is 13.2 Å². The molecular formula is C21H27BrN2O4S. The van der Waals surface area contributed by atoms with Crippen LogP contribution in [0.15, 0.2) is 46.9 Å². The number of nitrogens with zero attached hydrogens (tertiary/aromatic N) is 1. The Bertz CT molecular complexity index is 947. The van der Waals surface area contributed by atoms with Gasteiger partial charge in [0.2, 0.25) is 15.9 Å². The Morgan fingerprint density at radius 2 is 1.90 bits per heavy atom. The number of nitrogens with one attached hydrogen (secondary N) is 1. The van der Waals surface area contributed by atoms with Crippen LogP contribution < -0.4 is 14.4 Å². The molecule has 8 heteroatoms. The van der Waals surface area contributed by atoms with E-state index < -0.39 is 10.0 Å². The minimum atomic E-state index is -3.43. The van der Waals surface area contributed by atoms with E-state index in [2.05, 4.69) is 21.2 Å². The van der Waals surface area contributed by atoms with Gasteiger partial charge in [-0.1, -0.05) is 28.1 Å². The highest BCUT2D eigenvalue weighted by molar-refractivity contribution is 9.10. The van der Waals surface area contributed by atoms with E-state index >= 15 is 0 Å². The Hall–Kier alpha value is -2.06. The molecule has 2 rings (SSSR count). The summed E-state index contributed by atoms with van der Waals surface area (Å²) in [5, 5.41) is 2.80. The van der Waals surface area contributed by atoms with E-state index in [0.29, 0.717) is 25.3 Å². The smallest absolute Gasteiger partial charge is 0.232 e. The summed E-state index contributed by atoms with van der Waals surface area (Å²) in [5.41, 5.74) is 2.94. The lowest BCUT2D eigenvalue weighted by atomic mass is 10.1. The van der Waals surface area contributed by atoms with Gasteiger partial charge in [-0.2, -0.15) is 0 Å². The Kier molecular flexibility index (Phi) is 8.52. The fourth-order valence-electron chi connectivity index (χ4n) is 2.75. The number of carbonyl (C=O) groups is 1. The monoisotopic (exact) mass is 482 g/mol. The van der Waals surface area contributed by atoms with Gasteiger partial charge < -0.3 is 10.1 Å². The molecule has 0 aliphatic rings. The van der Waals surface area contributed by atoms with Gasteiger partial charge in [0.1, 0.15) is 12.4 Å². The van der Waals surface area contributed by atoms with Crippen LogP contribution in [0.2, 0.25) is 0 Å². The largest absolute Gasteiger partial charge is 0.492 e. The number of sulfonamides is 1. The van der Waals surface area contributed by atoms with Gasteiger partial charge in [-0.15, -0.1) is 0 Å². The molecule has 0 aromatic heterocycles. The summed E-state index contributed by atoms with van der Waals surface area (Å²) in [5.74, 6) is 0.650. The molecule has 0 spiro atoms. The number of amides is 1. The van der Waals surface area contributed by atoms with Gasteiger partial charge in [-0.05, 0) is 61.7 Å². The number of ether oxygens (including phenoxy) is 1. The second-order valence-electron chi connectivity index (χ2n) is 6.86. The number of hydrogen-bond acceptors (Lipinski definition) is 4. The van der Waals surface area contributed by atoms with Crippen LogP contribution in [-0.2, 0) is 14.8 Å². The molecule has 2 aromatic carbocycles. The van der Waals surface area contributed by atoms with Crippen molar-refractivity contribution in [2.75, 3.05) is 30.3 Å². The Balaban J connectivity index is 1.75. The maximum absolute atomic E-state index is 12.1. The molecule has 0 saturated heterocycles. The third-order valence-corrected chi connectivity index (χ3v) is 6.12. The molecule has 0 radical (unpaired) electrons. The number of aryl methyl sites for hydroxylation is 2. The summed E-state index contributed by atoms with van der Waals surface area (Å²) < 4.78 is 32.0. The van der Waals surface area contributed by atoms with Crippen LogP contribution in [0.25, 0.3) is 0 Å². The molecule has 0 fully saturated rings. The van der Waals surface area contributed by atoms with Crippen LogP contribution in [0.1, 0.15) is 24.0 Å². The van der Waals surface area contributed by atoms with Crippen molar-refractivity contribution >= 4 is 37.5 Å². The van der Waals surface area contributed by atoms with Gasteiger partial charge in [0, 0.05) is 17.4 Å². The standard InChI is InChI=1S/C21H27BrN2O4S/c1-16-9-10-20(14-17(16)2)28-13-11-23-21(25)8-5-12-24(29(3,26)27)19-7-4-6-18(22)15-19/h4,6-7,9-10,14-15H,5,8,11-13H2,1-3H3,(H,23,25). The van der Waals surface area contributed by atoms with Gasteiger partial charge in [-0.25, -0.2) is 8.42 Å². The van der Waals surface area contributed by atoms with E-state index in [0.717, 1.165) is 22.0 Å². The molecule has 0 aliphatic heterocycles. The summed E-state index contributed by atoms with van der Waals surface area (Å²) in [7, 11) is -3.43. The maximum Gasteiger partial charge on any atom is 0.232 e. The molecule has 158 valence electrons. The lowest BCUT2D eigenvalue weighted by molar-refractivity contribution is -0.121. The summed E-state index contributed by atoms with van der Waals surface area (Å²) in [6, 6.07) is 13.0. The molecule has 1 amide bonds. The lowest BCUT2D eigenvalue weighted by Crippen LogP contribution is -2.32. The number of halogens is 1. The minimum absolute atomic E-state index is 0.128. The summed E-state index contributed by atoms with van der Waals surface area (Å²) >= 11 is 3.35. The average molecular weight is 483 g/mol. The third-order valence-electron chi connectivity index (χ3n) is 4.43. The molecule has 0 atom stereocenters. The first-order valence-corrected chi connectivity index (χ1v) is 12.0. The van der Waals surface area contributed by atoms with E-state index in [1.165, 1.54) is 9.87 Å². The zero-order valence-electron chi connectivity index (χ0n) is 16.9. The zero-order chi connectivity index (χ0) is 21.4. The van der Waals surface area contributed by atoms with Gasteiger partial charge in [0.15, 0.2) is 0 Å². The Labute approximate surface area is 181 Å². The molecular weight excluding hydrogens is 456 g/mol.